The first kappa shape index (κ1) is 31.9. The van der Waals surface area contributed by atoms with E-state index in [1.165, 1.54) is 0 Å². The molecule has 2 fully saturated rings. The standard InChI is InChI=1S/C29H32F6N6O3/c1-40-7-8-41(20(15-40)11-17-13-38-21-3-2-4-23(42)24(17)21)39-27(44)25(22-14-36-5-6-37-22)26(43)16-9-18(28(30,31)32)12-19(10-16)29(33,34)35/h2-3,9-10,12-13,20,22,25,36-38H,4-8,11,14-15H2,1H3,(H,39,44)/t20?,22-,25?/m0/s1. The maximum atomic E-state index is 13.8. The number of alkyl halides is 6. The molecular weight excluding hydrogens is 594 g/mol. The van der Waals surface area contributed by atoms with Crippen molar-refractivity contribution in [2.75, 3.05) is 46.3 Å². The summed E-state index contributed by atoms with van der Waals surface area (Å²) in [7, 11) is 1.89. The lowest BCUT2D eigenvalue weighted by Gasteiger charge is -2.41. The van der Waals surface area contributed by atoms with Gasteiger partial charge < -0.3 is 20.5 Å². The lowest BCUT2D eigenvalue weighted by atomic mass is 9.87. The van der Waals surface area contributed by atoms with Crippen LogP contribution >= 0.6 is 0 Å². The van der Waals surface area contributed by atoms with E-state index in [4.69, 9.17) is 0 Å². The number of rotatable bonds is 7. The van der Waals surface area contributed by atoms with Crippen molar-refractivity contribution < 1.29 is 40.7 Å². The van der Waals surface area contributed by atoms with Crippen LogP contribution in [0, 0.1) is 5.92 Å². The van der Waals surface area contributed by atoms with E-state index in [0.717, 1.165) is 5.56 Å². The molecule has 2 saturated heterocycles. The van der Waals surface area contributed by atoms with Gasteiger partial charge in [-0.05, 0) is 43.3 Å². The van der Waals surface area contributed by atoms with Crippen LogP contribution in [0.4, 0.5) is 26.3 Å². The maximum absolute atomic E-state index is 13.8. The number of piperazine rings is 2. The van der Waals surface area contributed by atoms with Crippen molar-refractivity contribution in [3.8, 4) is 0 Å². The van der Waals surface area contributed by atoms with E-state index < -0.39 is 52.7 Å². The number of benzene rings is 1. The normalized spacial score (nSPS) is 22.5. The van der Waals surface area contributed by atoms with Gasteiger partial charge in [0.05, 0.1) is 11.1 Å². The number of allylic oxidation sites excluding steroid dienone is 1. The van der Waals surface area contributed by atoms with Gasteiger partial charge in [0.15, 0.2) is 11.6 Å². The molecule has 0 spiro atoms. The second-order valence-corrected chi connectivity index (χ2v) is 11.3. The van der Waals surface area contributed by atoms with Crippen LogP contribution in [0.2, 0.25) is 0 Å². The van der Waals surface area contributed by atoms with Crippen molar-refractivity contribution in [2.45, 2.75) is 37.3 Å². The average Bonchev–Trinajstić information content (AvgIpc) is 3.38. The minimum absolute atomic E-state index is 0.0423. The highest BCUT2D eigenvalue weighted by atomic mass is 19.4. The smallest absolute Gasteiger partial charge is 0.361 e. The Bertz CT molecular complexity index is 1410. The Morgan fingerprint density at radius 3 is 2.39 bits per heavy atom. The fourth-order valence-electron chi connectivity index (χ4n) is 5.96. The fourth-order valence-corrected chi connectivity index (χ4v) is 5.96. The molecule has 3 heterocycles. The van der Waals surface area contributed by atoms with Gasteiger partial charge in [-0.2, -0.15) is 26.3 Å². The number of aromatic amines is 1. The van der Waals surface area contributed by atoms with Gasteiger partial charge in [0.2, 0.25) is 5.91 Å². The van der Waals surface area contributed by atoms with E-state index in [0.29, 0.717) is 62.5 Å². The number of amides is 1. The van der Waals surface area contributed by atoms with Crippen LogP contribution in [0.15, 0.2) is 30.5 Å². The van der Waals surface area contributed by atoms with Gasteiger partial charge in [-0.3, -0.25) is 19.8 Å². The molecule has 3 atom stereocenters. The first-order valence-corrected chi connectivity index (χ1v) is 14.2. The molecule has 0 saturated carbocycles. The lowest BCUT2D eigenvalue weighted by Crippen LogP contribution is -2.63. The Morgan fingerprint density at radius 2 is 1.75 bits per heavy atom. The monoisotopic (exact) mass is 626 g/mol. The number of halogens is 6. The number of aromatic nitrogens is 1. The summed E-state index contributed by atoms with van der Waals surface area (Å²) in [5.41, 5.74) is 0.640. The Kier molecular flexibility index (Phi) is 9.03. The Balaban J connectivity index is 1.44. The van der Waals surface area contributed by atoms with Gasteiger partial charge in [-0.25, -0.2) is 5.01 Å². The first-order chi connectivity index (χ1) is 20.7. The molecule has 9 nitrogen and oxygen atoms in total. The fraction of sp³-hybridized carbons (Fsp3) is 0.483. The zero-order valence-electron chi connectivity index (χ0n) is 23.7. The molecule has 44 heavy (non-hydrogen) atoms. The van der Waals surface area contributed by atoms with Gasteiger partial charge in [0.1, 0.15) is 5.92 Å². The predicted octanol–water partition coefficient (Wildman–Crippen LogP) is 2.90. The SMILES string of the molecule is CN1CCN(NC(=O)C(C(=O)c2cc(C(F)(F)F)cc(C(F)(F)F)c2)[C@@H]2CNCCN2)C(Cc2c[nH]c3c2C(=O)CC=C3)C1. The largest absolute Gasteiger partial charge is 0.416 e. The van der Waals surface area contributed by atoms with E-state index >= 15 is 0 Å². The molecule has 1 aromatic carbocycles. The van der Waals surface area contributed by atoms with Crippen molar-refractivity contribution in [1.82, 2.24) is 31.0 Å². The number of carbonyl (C=O) groups excluding carboxylic acids is 3. The third-order valence-corrected chi connectivity index (χ3v) is 8.17. The molecule has 1 aliphatic carbocycles. The highest BCUT2D eigenvalue weighted by Gasteiger charge is 2.42. The van der Waals surface area contributed by atoms with Crippen molar-refractivity contribution >= 4 is 23.5 Å². The molecular formula is C29H32F6N6O3. The molecule has 238 valence electrons. The maximum Gasteiger partial charge on any atom is 0.416 e. The Morgan fingerprint density at radius 1 is 1.05 bits per heavy atom. The van der Waals surface area contributed by atoms with Gasteiger partial charge >= 0.3 is 12.4 Å². The number of nitrogens with zero attached hydrogens (tertiary/aromatic N) is 2. The van der Waals surface area contributed by atoms with Crippen LogP contribution in [-0.2, 0) is 23.6 Å². The van der Waals surface area contributed by atoms with E-state index in [1.807, 2.05) is 18.0 Å². The molecule has 15 heteroatoms. The number of Topliss-reactive ketones (excluding diaryl/α,β-unsaturated/α-hetero) is 2. The lowest BCUT2D eigenvalue weighted by molar-refractivity contribution is -0.143. The average molecular weight is 627 g/mol. The summed E-state index contributed by atoms with van der Waals surface area (Å²) in [5, 5.41) is 7.65. The van der Waals surface area contributed by atoms with Gasteiger partial charge in [0.25, 0.3) is 0 Å². The number of likely N-dealkylation sites (N-methyl/N-ethyl adjacent to an activating group) is 1. The number of hydrazine groups is 1. The summed E-state index contributed by atoms with van der Waals surface area (Å²) >= 11 is 0. The number of H-pyrrole nitrogens is 1. The van der Waals surface area contributed by atoms with Crippen LogP contribution in [0.25, 0.3) is 6.08 Å². The van der Waals surface area contributed by atoms with E-state index in [-0.39, 0.29) is 30.9 Å². The summed E-state index contributed by atoms with van der Waals surface area (Å²) < 4.78 is 81.4. The number of hydrogen-bond acceptors (Lipinski definition) is 7. The van der Waals surface area contributed by atoms with Crippen LogP contribution < -0.4 is 16.1 Å². The van der Waals surface area contributed by atoms with Crippen LogP contribution in [0.1, 0.15) is 49.5 Å². The third kappa shape index (κ3) is 6.90. The summed E-state index contributed by atoms with van der Waals surface area (Å²) in [4.78, 5) is 45.3. The quantitative estimate of drug-likeness (QED) is 0.213. The van der Waals surface area contributed by atoms with Crippen LogP contribution in [-0.4, -0.2) is 90.8 Å². The van der Waals surface area contributed by atoms with E-state index in [9.17, 15) is 40.7 Å². The minimum atomic E-state index is -5.15. The van der Waals surface area contributed by atoms with Gasteiger partial charge in [-0.15, -0.1) is 0 Å². The van der Waals surface area contributed by atoms with E-state index in [1.54, 1.807) is 17.3 Å². The molecule has 0 bridgehead atoms. The zero-order chi connectivity index (χ0) is 31.8. The summed E-state index contributed by atoms with van der Waals surface area (Å²) in [6.45, 7) is 2.26. The minimum Gasteiger partial charge on any atom is -0.361 e. The number of ketones is 2. The van der Waals surface area contributed by atoms with Crippen LogP contribution in [0.3, 0.4) is 0 Å². The van der Waals surface area contributed by atoms with Gasteiger partial charge in [0, 0.05) is 80.8 Å². The first-order valence-electron chi connectivity index (χ1n) is 14.2. The highest BCUT2D eigenvalue weighted by Crippen LogP contribution is 2.37. The number of fused-ring (bicyclic) bond motifs is 1. The topological polar surface area (TPSA) is 110 Å². The highest BCUT2D eigenvalue weighted by molar-refractivity contribution is 6.11. The molecule has 2 aromatic rings. The molecule has 3 aliphatic rings. The number of hydrogen-bond donors (Lipinski definition) is 4. The van der Waals surface area contributed by atoms with Crippen molar-refractivity contribution in [3.63, 3.8) is 0 Å². The zero-order valence-corrected chi connectivity index (χ0v) is 23.7. The van der Waals surface area contributed by atoms with Gasteiger partial charge in [-0.1, -0.05) is 6.08 Å². The predicted molar refractivity (Wildman–Crippen MR) is 148 cm³/mol. The Labute approximate surface area is 249 Å². The van der Waals surface area contributed by atoms with Crippen LogP contribution in [0.5, 0.6) is 0 Å². The molecule has 0 radical (unpaired) electrons. The third-order valence-electron chi connectivity index (χ3n) is 8.17. The Hall–Kier alpha value is -3.53. The molecule has 1 aromatic heterocycles. The van der Waals surface area contributed by atoms with Crippen molar-refractivity contribution in [1.29, 1.82) is 0 Å². The second-order valence-electron chi connectivity index (χ2n) is 11.3. The summed E-state index contributed by atoms with van der Waals surface area (Å²) in [6.07, 6.45) is -4.35. The van der Waals surface area contributed by atoms with E-state index in [2.05, 4.69) is 21.0 Å². The summed E-state index contributed by atoms with van der Waals surface area (Å²) in [5.74, 6) is -3.70. The summed E-state index contributed by atoms with van der Waals surface area (Å²) in [6, 6.07) is -0.593. The molecule has 2 unspecified atom stereocenters. The molecule has 1 amide bonds. The molecule has 2 aliphatic heterocycles. The van der Waals surface area contributed by atoms with Crippen molar-refractivity contribution in [3.05, 3.63) is 64.0 Å². The second kappa shape index (κ2) is 12.5. The molecule has 5 rings (SSSR count). The molecule has 4 N–H and O–H groups in total. The number of nitrogens with one attached hydrogen (secondary N) is 4. The number of carbonyl (C=O) groups is 3. The van der Waals surface area contributed by atoms with Crippen molar-refractivity contribution in [2.24, 2.45) is 5.92 Å².